The highest BCUT2D eigenvalue weighted by Crippen LogP contribution is 2.38. The molecule has 0 unspecified atom stereocenters. The largest absolute Gasteiger partial charge is 0.507 e. The van der Waals surface area contributed by atoms with Crippen LogP contribution < -0.4 is 0 Å². The number of ketones is 3. The van der Waals surface area contributed by atoms with Gasteiger partial charge in [0.25, 0.3) is 0 Å². The van der Waals surface area contributed by atoms with E-state index in [0.29, 0.717) is 12.0 Å². The fourth-order valence-electron chi connectivity index (χ4n) is 4.14. The zero-order valence-electron chi connectivity index (χ0n) is 16.3. The van der Waals surface area contributed by atoms with Gasteiger partial charge in [0.15, 0.2) is 11.6 Å². The molecule has 0 spiro atoms. The molecule has 0 aliphatic heterocycles. The summed E-state index contributed by atoms with van der Waals surface area (Å²) in [6, 6.07) is 3.22. The van der Waals surface area contributed by atoms with Crippen LogP contribution in [0.5, 0.6) is 5.75 Å². The molecule has 0 fully saturated rings. The van der Waals surface area contributed by atoms with E-state index in [1.807, 2.05) is 6.92 Å². The lowest BCUT2D eigenvalue weighted by Gasteiger charge is -2.36. The number of Topliss-reactive ketones (excluding diaryl/α,β-unsaturated/α-hetero) is 3. The van der Waals surface area contributed by atoms with Crippen molar-refractivity contribution in [1.82, 2.24) is 0 Å². The van der Waals surface area contributed by atoms with Crippen LogP contribution in [0.2, 0.25) is 0 Å². The third-order valence-electron chi connectivity index (χ3n) is 5.68. The molecule has 0 heterocycles. The Balaban J connectivity index is 2.29. The van der Waals surface area contributed by atoms with Gasteiger partial charge in [-0.1, -0.05) is 6.07 Å². The van der Waals surface area contributed by atoms with E-state index in [1.165, 1.54) is 13.0 Å². The van der Waals surface area contributed by atoms with Gasteiger partial charge in [0, 0.05) is 13.0 Å². The normalized spacial score (nSPS) is 19.6. The summed E-state index contributed by atoms with van der Waals surface area (Å²) < 4.78 is 0. The number of phenols is 1. The Morgan fingerprint density at radius 3 is 2.50 bits per heavy atom. The maximum atomic E-state index is 12.6. The molecule has 0 saturated heterocycles. The molecule has 3 atom stereocenters. The number of hydrogen-bond acceptors (Lipinski definition) is 7. The zero-order valence-corrected chi connectivity index (χ0v) is 16.3. The van der Waals surface area contributed by atoms with Crippen LogP contribution in [0.4, 0.5) is 0 Å². The van der Waals surface area contributed by atoms with Crippen molar-refractivity contribution in [3.8, 4) is 5.75 Å². The summed E-state index contributed by atoms with van der Waals surface area (Å²) in [4.78, 5) is 36.3. The molecule has 154 valence electrons. The van der Waals surface area contributed by atoms with Crippen molar-refractivity contribution < 1.29 is 34.8 Å². The Morgan fingerprint density at radius 1 is 1.25 bits per heavy atom. The average molecular weight is 392 g/mol. The molecular weight excluding hydrogens is 364 g/mol. The molecule has 0 saturated carbocycles. The van der Waals surface area contributed by atoms with Crippen LogP contribution in [0.15, 0.2) is 12.1 Å². The minimum Gasteiger partial charge on any atom is -0.507 e. The number of hydrogen-bond donors (Lipinski definition) is 4. The number of aliphatic hydroxyl groups excluding tert-OH is 2. The number of rotatable bonds is 9. The maximum absolute atomic E-state index is 12.6. The summed E-state index contributed by atoms with van der Waals surface area (Å²) in [5.74, 6) is -2.49. The molecule has 1 aromatic carbocycles. The summed E-state index contributed by atoms with van der Waals surface area (Å²) in [5, 5.41) is 40.0. The summed E-state index contributed by atoms with van der Waals surface area (Å²) >= 11 is 0. The van der Waals surface area contributed by atoms with Crippen molar-refractivity contribution >= 4 is 17.3 Å². The minimum atomic E-state index is -2.15. The van der Waals surface area contributed by atoms with Gasteiger partial charge in [-0.3, -0.25) is 14.4 Å². The van der Waals surface area contributed by atoms with Crippen LogP contribution in [0, 0.1) is 18.8 Å². The minimum absolute atomic E-state index is 0.0529. The lowest BCUT2D eigenvalue weighted by Crippen LogP contribution is -2.51. The highest BCUT2D eigenvalue weighted by atomic mass is 16.3. The van der Waals surface area contributed by atoms with E-state index in [-0.39, 0.29) is 43.3 Å². The van der Waals surface area contributed by atoms with Gasteiger partial charge in [0.1, 0.15) is 17.1 Å². The van der Waals surface area contributed by atoms with E-state index in [2.05, 4.69) is 0 Å². The molecular formula is C21H28O7. The second-order valence-corrected chi connectivity index (χ2v) is 7.78. The van der Waals surface area contributed by atoms with Crippen LogP contribution in [0.1, 0.15) is 54.1 Å². The number of aryl methyl sites for hydroxylation is 1. The highest BCUT2D eigenvalue weighted by Gasteiger charge is 2.44. The first-order chi connectivity index (χ1) is 13.1. The number of carbonyl (C=O) groups excluding carboxylic acids is 3. The number of phenolic OH excluding ortho intramolecular Hbond substituents is 1. The van der Waals surface area contributed by atoms with Gasteiger partial charge >= 0.3 is 0 Å². The molecule has 0 radical (unpaired) electrons. The zero-order chi connectivity index (χ0) is 21.1. The van der Waals surface area contributed by atoms with Gasteiger partial charge in [-0.15, -0.1) is 0 Å². The lowest BCUT2D eigenvalue weighted by atomic mass is 9.71. The monoisotopic (exact) mass is 392 g/mol. The first kappa shape index (κ1) is 22.2. The summed E-state index contributed by atoms with van der Waals surface area (Å²) in [7, 11) is 0. The molecule has 1 aromatic rings. The number of carbonyl (C=O) groups is 3. The Bertz CT molecular complexity index is 770. The molecule has 7 heteroatoms. The molecule has 2 rings (SSSR count). The smallest absolute Gasteiger partial charge is 0.174 e. The molecule has 0 aromatic heterocycles. The van der Waals surface area contributed by atoms with Crippen molar-refractivity contribution in [2.75, 3.05) is 13.2 Å². The van der Waals surface area contributed by atoms with Crippen LogP contribution in [0.25, 0.3) is 0 Å². The molecule has 0 amide bonds. The number of aromatic hydroxyl groups is 1. The molecule has 1 aliphatic carbocycles. The Labute approximate surface area is 164 Å². The summed E-state index contributed by atoms with van der Waals surface area (Å²) in [5.41, 5.74) is -0.215. The van der Waals surface area contributed by atoms with Gasteiger partial charge in [-0.2, -0.15) is 0 Å². The SMILES string of the molecule is CC(=O)CC(=O)[C@@](O)(CO)[C@H](CCO)C[C@H]1CC(=O)c2c(O)ccc(C)c2C1. The lowest BCUT2D eigenvalue weighted by molar-refractivity contribution is -0.152. The Hall–Kier alpha value is -2.09. The first-order valence-electron chi connectivity index (χ1n) is 9.45. The van der Waals surface area contributed by atoms with Crippen molar-refractivity contribution in [3.63, 3.8) is 0 Å². The predicted octanol–water partition coefficient (Wildman–Crippen LogP) is 1.11. The fraction of sp³-hybridized carbons (Fsp3) is 0.571. The number of aliphatic hydroxyl groups is 3. The maximum Gasteiger partial charge on any atom is 0.174 e. The van der Waals surface area contributed by atoms with Crippen LogP contribution >= 0.6 is 0 Å². The van der Waals surface area contributed by atoms with E-state index in [0.717, 1.165) is 11.1 Å². The second kappa shape index (κ2) is 8.94. The predicted molar refractivity (Wildman–Crippen MR) is 101 cm³/mol. The third-order valence-corrected chi connectivity index (χ3v) is 5.68. The third kappa shape index (κ3) is 4.48. The quantitative estimate of drug-likeness (QED) is 0.463. The van der Waals surface area contributed by atoms with Gasteiger partial charge in [-0.05, 0) is 62.1 Å². The second-order valence-electron chi connectivity index (χ2n) is 7.78. The molecule has 1 aliphatic rings. The Morgan fingerprint density at radius 2 is 1.93 bits per heavy atom. The first-order valence-corrected chi connectivity index (χ1v) is 9.45. The van der Waals surface area contributed by atoms with Crippen molar-refractivity contribution in [3.05, 3.63) is 28.8 Å². The van der Waals surface area contributed by atoms with Crippen molar-refractivity contribution in [1.29, 1.82) is 0 Å². The summed E-state index contributed by atoms with van der Waals surface area (Å²) in [6.45, 7) is 1.90. The van der Waals surface area contributed by atoms with Crippen LogP contribution in [-0.2, 0) is 16.0 Å². The number of benzene rings is 1. The molecule has 0 bridgehead atoms. The highest BCUT2D eigenvalue weighted by molar-refractivity contribution is 6.02. The van der Waals surface area contributed by atoms with Crippen LogP contribution in [0.3, 0.4) is 0 Å². The van der Waals surface area contributed by atoms with Crippen LogP contribution in [-0.4, -0.2) is 56.6 Å². The van der Waals surface area contributed by atoms with E-state index >= 15 is 0 Å². The van der Waals surface area contributed by atoms with E-state index in [1.54, 1.807) is 6.07 Å². The summed E-state index contributed by atoms with van der Waals surface area (Å²) in [6.07, 6.45) is 0.386. The van der Waals surface area contributed by atoms with Crippen molar-refractivity contribution in [2.45, 2.75) is 51.6 Å². The molecule has 4 N–H and O–H groups in total. The van der Waals surface area contributed by atoms with Crippen molar-refractivity contribution in [2.24, 2.45) is 11.8 Å². The Kier molecular flexibility index (Phi) is 7.09. The van der Waals surface area contributed by atoms with E-state index < -0.39 is 36.1 Å². The van der Waals surface area contributed by atoms with Gasteiger partial charge in [0.2, 0.25) is 0 Å². The number of fused-ring (bicyclic) bond motifs is 1. The van der Waals surface area contributed by atoms with Gasteiger partial charge in [-0.25, -0.2) is 0 Å². The van der Waals surface area contributed by atoms with E-state index in [9.17, 15) is 34.8 Å². The molecule has 7 nitrogen and oxygen atoms in total. The van der Waals surface area contributed by atoms with Gasteiger partial charge < -0.3 is 20.4 Å². The fourth-order valence-corrected chi connectivity index (χ4v) is 4.14. The average Bonchev–Trinajstić information content (AvgIpc) is 2.63. The van der Waals surface area contributed by atoms with E-state index in [4.69, 9.17) is 0 Å². The van der Waals surface area contributed by atoms with Gasteiger partial charge in [0.05, 0.1) is 18.6 Å². The standard InChI is InChI=1S/C21H28O7/c1-12-3-4-17(25)20-16(12)9-14(10-18(20)26)8-15(5-6-22)21(28,11-23)19(27)7-13(2)24/h3-4,14-15,22-23,25,28H,5-11H2,1-2H3/t14-,15-,21-/m1/s1. The topological polar surface area (TPSA) is 132 Å². The molecule has 28 heavy (non-hydrogen) atoms.